The van der Waals surface area contributed by atoms with Crippen LogP contribution in [-0.2, 0) is 14.8 Å². The van der Waals surface area contributed by atoms with E-state index in [4.69, 9.17) is 9.47 Å². The molecule has 1 aliphatic rings. The van der Waals surface area contributed by atoms with Crippen molar-refractivity contribution in [2.45, 2.75) is 18.7 Å². The minimum atomic E-state index is -3.48. The van der Waals surface area contributed by atoms with Crippen LogP contribution in [0.3, 0.4) is 0 Å². The fourth-order valence-electron chi connectivity index (χ4n) is 2.92. The summed E-state index contributed by atoms with van der Waals surface area (Å²) in [6.07, 6.45) is 1.51. The number of aromatic nitrogens is 1. The molecule has 0 spiro atoms. The van der Waals surface area contributed by atoms with Crippen LogP contribution < -0.4 is 15.0 Å². The number of anilines is 1. The zero-order valence-corrected chi connectivity index (χ0v) is 16.5. The molecular formula is C19H26N3O4S+. The number of morpholine rings is 1. The van der Waals surface area contributed by atoms with E-state index in [0.717, 1.165) is 17.1 Å². The van der Waals surface area contributed by atoms with Crippen LogP contribution in [0.4, 0.5) is 5.82 Å². The Morgan fingerprint density at radius 2 is 1.96 bits per heavy atom. The van der Waals surface area contributed by atoms with Gasteiger partial charge in [0.25, 0.3) is 5.82 Å². The third-order valence-corrected chi connectivity index (χ3v) is 6.29. The van der Waals surface area contributed by atoms with Crippen molar-refractivity contribution < 1.29 is 22.9 Å². The van der Waals surface area contributed by atoms with E-state index in [1.54, 1.807) is 12.1 Å². The van der Waals surface area contributed by atoms with Crippen LogP contribution in [-0.4, -0.2) is 52.2 Å². The molecule has 1 aromatic heterocycles. The van der Waals surface area contributed by atoms with Crippen LogP contribution in [0.5, 0.6) is 5.75 Å². The average molecular weight is 393 g/mol. The minimum absolute atomic E-state index is 0.251. The summed E-state index contributed by atoms with van der Waals surface area (Å²) in [7, 11) is -3.48. The van der Waals surface area contributed by atoms with Gasteiger partial charge in [0, 0.05) is 19.2 Å². The summed E-state index contributed by atoms with van der Waals surface area (Å²) in [5, 5.41) is 3.19. The molecule has 1 saturated heterocycles. The number of ether oxygens (including phenoxy) is 2. The van der Waals surface area contributed by atoms with Gasteiger partial charge in [-0.3, -0.25) is 5.32 Å². The first-order valence-corrected chi connectivity index (χ1v) is 10.4. The SMILES string of the molecule is Cc1ccc(OCCNc2ccc(S(=O)(=O)N3CCOCC3)c[nH+]2)c(C)c1. The molecule has 0 radical (unpaired) electrons. The molecule has 2 heterocycles. The molecule has 0 aliphatic carbocycles. The van der Waals surface area contributed by atoms with Gasteiger partial charge in [-0.1, -0.05) is 17.7 Å². The van der Waals surface area contributed by atoms with Gasteiger partial charge in [-0.05, 0) is 31.5 Å². The van der Waals surface area contributed by atoms with E-state index in [0.29, 0.717) is 39.5 Å². The van der Waals surface area contributed by atoms with Crippen LogP contribution in [0.1, 0.15) is 11.1 Å². The number of rotatable bonds is 7. The fourth-order valence-corrected chi connectivity index (χ4v) is 4.30. The van der Waals surface area contributed by atoms with Gasteiger partial charge in [0.2, 0.25) is 10.0 Å². The molecule has 1 aromatic carbocycles. The van der Waals surface area contributed by atoms with Crippen molar-refractivity contribution in [2.75, 3.05) is 44.8 Å². The summed E-state index contributed by atoms with van der Waals surface area (Å²) in [5.41, 5.74) is 2.32. The van der Waals surface area contributed by atoms with Crippen molar-refractivity contribution >= 4 is 15.8 Å². The number of hydrogen-bond donors (Lipinski definition) is 1. The van der Waals surface area contributed by atoms with Gasteiger partial charge in [0.1, 0.15) is 30.0 Å². The molecule has 0 atom stereocenters. The Labute approximate surface area is 160 Å². The number of nitrogens with zero attached hydrogens (tertiary/aromatic N) is 1. The number of aromatic amines is 1. The predicted octanol–water partition coefficient (Wildman–Crippen LogP) is 1.63. The Balaban J connectivity index is 1.51. The smallest absolute Gasteiger partial charge is 0.272 e. The van der Waals surface area contributed by atoms with Crippen molar-refractivity contribution in [3.05, 3.63) is 47.7 Å². The number of hydrogen-bond acceptors (Lipinski definition) is 5. The van der Waals surface area contributed by atoms with E-state index in [1.807, 2.05) is 19.1 Å². The first-order valence-electron chi connectivity index (χ1n) is 9.00. The number of pyridine rings is 1. The molecule has 7 nitrogen and oxygen atoms in total. The molecule has 27 heavy (non-hydrogen) atoms. The largest absolute Gasteiger partial charge is 0.489 e. The summed E-state index contributed by atoms with van der Waals surface area (Å²) < 4.78 is 37.6. The second-order valence-electron chi connectivity index (χ2n) is 6.50. The topological polar surface area (TPSA) is 82.0 Å². The lowest BCUT2D eigenvalue weighted by Gasteiger charge is -2.25. The Morgan fingerprint density at radius 3 is 2.63 bits per heavy atom. The van der Waals surface area contributed by atoms with E-state index in [2.05, 4.69) is 23.3 Å². The van der Waals surface area contributed by atoms with Crippen LogP contribution in [0.15, 0.2) is 41.4 Å². The third kappa shape index (κ3) is 4.97. The van der Waals surface area contributed by atoms with Crippen molar-refractivity contribution in [1.29, 1.82) is 0 Å². The van der Waals surface area contributed by atoms with Crippen molar-refractivity contribution in [2.24, 2.45) is 0 Å². The molecule has 3 rings (SSSR count). The molecule has 146 valence electrons. The highest BCUT2D eigenvalue weighted by atomic mass is 32.2. The maximum atomic E-state index is 12.6. The summed E-state index contributed by atoms with van der Waals surface area (Å²) in [4.78, 5) is 3.25. The van der Waals surface area contributed by atoms with Gasteiger partial charge in [-0.2, -0.15) is 4.31 Å². The first-order chi connectivity index (χ1) is 13.0. The Kier molecular flexibility index (Phi) is 6.30. The number of nitrogens with one attached hydrogen (secondary N) is 2. The number of sulfonamides is 1. The van der Waals surface area contributed by atoms with E-state index in [9.17, 15) is 8.42 Å². The lowest BCUT2D eigenvalue weighted by atomic mass is 10.1. The molecular weight excluding hydrogens is 366 g/mol. The predicted molar refractivity (Wildman–Crippen MR) is 102 cm³/mol. The van der Waals surface area contributed by atoms with Gasteiger partial charge >= 0.3 is 0 Å². The molecule has 1 fully saturated rings. The summed E-state index contributed by atoms with van der Waals surface area (Å²) in [6.45, 7) is 6.82. The number of H-pyrrole nitrogens is 1. The maximum absolute atomic E-state index is 12.6. The second-order valence-corrected chi connectivity index (χ2v) is 8.44. The third-order valence-electron chi connectivity index (χ3n) is 4.40. The van der Waals surface area contributed by atoms with E-state index < -0.39 is 10.0 Å². The fraction of sp³-hybridized carbons (Fsp3) is 0.421. The van der Waals surface area contributed by atoms with E-state index in [1.165, 1.54) is 16.1 Å². The van der Waals surface area contributed by atoms with Crippen molar-refractivity contribution in [3.63, 3.8) is 0 Å². The lowest BCUT2D eigenvalue weighted by molar-refractivity contribution is -0.364. The van der Waals surface area contributed by atoms with Gasteiger partial charge in [-0.25, -0.2) is 13.4 Å². The number of benzene rings is 1. The quantitative estimate of drug-likeness (QED) is 0.725. The Bertz CT molecular complexity index is 863. The van der Waals surface area contributed by atoms with Crippen LogP contribution in [0.2, 0.25) is 0 Å². The maximum Gasteiger partial charge on any atom is 0.272 e. The van der Waals surface area contributed by atoms with E-state index in [-0.39, 0.29) is 4.90 Å². The first kappa shape index (κ1) is 19.6. The lowest BCUT2D eigenvalue weighted by Crippen LogP contribution is -2.40. The molecule has 0 unspecified atom stereocenters. The monoisotopic (exact) mass is 392 g/mol. The molecule has 0 bridgehead atoms. The summed E-state index contributed by atoms with van der Waals surface area (Å²) >= 11 is 0. The average Bonchev–Trinajstić information content (AvgIpc) is 2.68. The van der Waals surface area contributed by atoms with Crippen molar-refractivity contribution in [1.82, 2.24) is 4.31 Å². The van der Waals surface area contributed by atoms with Gasteiger partial charge in [-0.15, -0.1) is 0 Å². The minimum Gasteiger partial charge on any atom is -0.489 e. The highest BCUT2D eigenvalue weighted by Crippen LogP contribution is 2.19. The Morgan fingerprint density at radius 1 is 1.19 bits per heavy atom. The van der Waals surface area contributed by atoms with Gasteiger partial charge in [0.05, 0.1) is 13.2 Å². The van der Waals surface area contributed by atoms with Gasteiger partial charge in [0.15, 0.2) is 0 Å². The normalized spacial score (nSPS) is 15.5. The summed E-state index contributed by atoms with van der Waals surface area (Å²) in [5.74, 6) is 1.61. The second kappa shape index (κ2) is 8.69. The van der Waals surface area contributed by atoms with E-state index >= 15 is 0 Å². The van der Waals surface area contributed by atoms with Gasteiger partial charge < -0.3 is 9.47 Å². The standard InChI is InChI=1S/C19H25N3O4S/c1-15-3-5-18(16(2)13-15)26-10-7-20-19-6-4-17(14-21-19)27(23,24)22-8-11-25-12-9-22/h3-6,13-14H,7-12H2,1-2H3,(H,20,21)/p+1. The van der Waals surface area contributed by atoms with Crippen LogP contribution >= 0.6 is 0 Å². The highest BCUT2D eigenvalue weighted by Gasteiger charge is 2.27. The highest BCUT2D eigenvalue weighted by molar-refractivity contribution is 7.89. The molecule has 1 aliphatic heterocycles. The number of aryl methyl sites for hydroxylation is 2. The molecule has 0 saturated carbocycles. The zero-order valence-electron chi connectivity index (χ0n) is 15.7. The molecule has 8 heteroatoms. The molecule has 0 amide bonds. The zero-order chi connectivity index (χ0) is 19.3. The molecule has 2 aromatic rings. The Hall–Kier alpha value is -2.16. The molecule has 2 N–H and O–H groups in total. The van der Waals surface area contributed by atoms with Crippen LogP contribution in [0.25, 0.3) is 0 Å². The summed E-state index contributed by atoms with van der Waals surface area (Å²) in [6, 6.07) is 9.42. The van der Waals surface area contributed by atoms with Crippen LogP contribution in [0, 0.1) is 13.8 Å². The van der Waals surface area contributed by atoms with Crippen molar-refractivity contribution in [3.8, 4) is 5.75 Å².